The lowest BCUT2D eigenvalue weighted by atomic mass is 10.1. The molecule has 100 valence electrons. The highest BCUT2D eigenvalue weighted by atomic mass is 19.1. The molecule has 0 bridgehead atoms. The van der Waals surface area contributed by atoms with E-state index in [1.807, 2.05) is 13.1 Å². The topological polar surface area (TPSA) is 29.5 Å². The molecule has 0 saturated carbocycles. The Bertz CT molecular complexity index is 382. The summed E-state index contributed by atoms with van der Waals surface area (Å²) in [5.74, 6) is -0.335. The lowest BCUT2D eigenvalue weighted by molar-refractivity contribution is -0.140. The molecule has 0 radical (unpaired) electrons. The Morgan fingerprint density at radius 1 is 1.33 bits per heavy atom. The van der Waals surface area contributed by atoms with E-state index >= 15 is 0 Å². The standard InChI is InChI=1S/C14H20FNO2/c1-16(10-5-8-14(17)18-2)11-9-12-6-3-4-7-13(12)15/h3-4,6-7H,5,8-11H2,1-2H3. The van der Waals surface area contributed by atoms with Gasteiger partial charge in [0.1, 0.15) is 5.82 Å². The zero-order chi connectivity index (χ0) is 13.4. The molecule has 1 aromatic carbocycles. The monoisotopic (exact) mass is 253 g/mol. The first-order valence-electron chi connectivity index (χ1n) is 6.12. The second-order valence-electron chi connectivity index (χ2n) is 4.32. The number of hydrogen-bond acceptors (Lipinski definition) is 3. The van der Waals surface area contributed by atoms with Gasteiger partial charge in [0.25, 0.3) is 0 Å². The molecule has 0 N–H and O–H groups in total. The van der Waals surface area contributed by atoms with Crippen LogP contribution in [0, 0.1) is 5.82 Å². The maximum absolute atomic E-state index is 13.4. The van der Waals surface area contributed by atoms with E-state index < -0.39 is 0 Å². The fourth-order valence-electron chi connectivity index (χ4n) is 1.72. The Hall–Kier alpha value is -1.42. The molecule has 3 nitrogen and oxygen atoms in total. The maximum Gasteiger partial charge on any atom is 0.305 e. The van der Waals surface area contributed by atoms with Crippen LogP contribution in [0.2, 0.25) is 0 Å². The minimum Gasteiger partial charge on any atom is -0.469 e. The zero-order valence-corrected chi connectivity index (χ0v) is 11.0. The Labute approximate surface area is 108 Å². The smallest absolute Gasteiger partial charge is 0.305 e. The minimum absolute atomic E-state index is 0.152. The summed E-state index contributed by atoms with van der Waals surface area (Å²) in [6.45, 7) is 1.59. The van der Waals surface area contributed by atoms with Crippen LogP contribution < -0.4 is 0 Å². The van der Waals surface area contributed by atoms with Crippen molar-refractivity contribution in [3.63, 3.8) is 0 Å². The normalized spacial score (nSPS) is 10.7. The van der Waals surface area contributed by atoms with Gasteiger partial charge < -0.3 is 9.64 Å². The van der Waals surface area contributed by atoms with Crippen molar-refractivity contribution in [1.29, 1.82) is 0 Å². The van der Waals surface area contributed by atoms with E-state index in [1.165, 1.54) is 13.2 Å². The zero-order valence-electron chi connectivity index (χ0n) is 11.0. The van der Waals surface area contributed by atoms with Crippen LogP contribution in [0.1, 0.15) is 18.4 Å². The Kier molecular flexibility index (Phi) is 6.36. The molecule has 0 aromatic heterocycles. The molecule has 1 rings (SSSR count). The molecule has 0 fully saturated rings. The fourth-order valence-corrected chi connectivity index (χ4v) is 1.72. The first kappa shape index (κ1) is 14.6. The molecule has 0 saturated heterocycles. The van der Waals surface area contributed by atoms with Crippen molar-refractivity contribution < 1.29 is 13.9 Å². The van der Waals surface area contributed by atoms with Gasteiger partial charge in [-0.1, -0.05) is 18.2 Å². The van der Waals surface area contributed by atoms with Crippen LogP contribution in [0.25, 0.3) is 0 Å². The van der Waals surface area contributed by atoms with E-state index in [0.29, 0.717) is 12.8 Å². The number of nitrogens with zero attached hydrogens (tertiary/aromatic N) is 1. The van der Waals surface area contributed by atoms with Crippen molar-refractivity contribution >= 4 is 5.97 Å². The summed E-state index contributed by atoms with van der Waals surface area (Å²) in [5, 5.41) is 0. The molecule has 0 atom stereocenters. The van der Waals surface area contributed by atoms with Gasteiger partial charge in [-0.2, -0.15) is 0 Å². The van der Waals surface area contributed by atoms with Gasteiger partial charge in [0, 0.05) is 13.0 Å². The average molecular weight is 253 g/mol. The summed E-state index contributed by atoms with van der Waals surface area (Å²) < 4.78 is 17.9. The Morgan fingerprint density at radius 3 is 2.72 bits per heavy atom. The van der Waals surface area contributed by atoms with E-state index in [1.54, 1.807) is 12.1 Å². The summed E-state index contributed by atoms with van der Waals surface area (Å²) in [7, 11) is 3.36. The van der Waals surface area contributed by atoms with E-state index in [2.05, 4.69) is 9.64 Å². The summed E-state index contributed by atoms with van der Waals surface area (Å²) in [6.07, 6.45) is 1.88. The lowest BCUT2D eigenvalue weighted by Gasteiger charge is -2.16. The summed E-state index contributed by atoms with van der Waals surface area (Å²) in [6, 6.07) is 6.82. The average Bonchev–Trinajstić information content (AvgIpc) is 2.37. The number of esters is 1. The van der Waals surface area contributed by atoms with Crippen molar-refractivity contribution in [3.8, 4) is 0 Å². The molecule has 0 aliphatic heterocycles. The quantitative estimate of drug-likeness (QED) is 0.698. The third-order valence-electron chi connectivity index (χ3n) is 2.87. The second-order valence-corrected chi connectivity index (χ2v) is 4.32. The number of hydrogen-bond donors (Lipinski definition) is 0. The summed E-state index contributed by atoms with van der Waals surface area (Å²) in [4.78, 5) is 13.0. The molecular weight excluding hydrogens is 233 g/mol. The summed E-state index contributed by atoms with van der Waals surface area (Å²) >= 11 is 0. The Morgan fingerprint density at radius 2 is 2.06 bits per heavy atom. The summed E-state index contributed by atoms with van der Waals surface area (Å²) in [5.41, 5.74) is 0.734. The van der Waals surface area contributed by atoms with E-state index in [-0.39, 0.29) is 11.8 Å². The maximum atomic E-state index is 13.4. The number of likely N-dealkylation sites (N-methyl/N-ethyl adjacent to an activating group) is 1. The fraction of sp³-hybridized carbons (Fsp3) is 0.500. The first-order valence-corrected chi connectivity index (χ1v) is 6.12. The number of rotatable bonds is 7. The number of benzene rings is 1. The highest BCUT2D eigenvalue weighted by molar-refractivity contribution is 5.69. The molecule has 0 amide bonds. The van der Waals surface area contributed by atoms with Crippen LogP contribution in [-0.4, -0.2) is 38.1 Å². The van der Waals surface area contributed by atoms with Crippen molar-refractivity contribution in [2.75, 3.05) is 27.2 Å². The van der Waals surface area contributed by atoms with Crippen LogP contribution >= 0.6 is 0 Å². The predicted molar refractivity (Wildman–Crippen MR) is 68.9 cm³/mol. The van der Waals surface area contributed by atoms with Gasteiger partial charge in [0.15, 0.2) is 0 Å². The van der Waals surface area contributed by atoms with Gasteiger partial charge >= 0.3 is 5.97 Å². The van der Waals surface area contributed by atoms with Crippen molar-refractivity contribution in [3.05, 3.63) is 35.6 Å². The van der Waals surface area contributed by atoms with E-state index in [4.69, 9.17) is 0 Å². The SMILES string of the molecule is COC(=O)CCCN(C)CCc1ccccc1F. The third-order valence-corrected chi connectivity index (χ3v) is 2.87. The van der Waals surface area contributed by atoms with Gasteiger partial charge in [0.2, 0.25) is 0 Å². The highest BCUT2D eigenvalue weighted by Crippen LogP contribution is 2.07. The number of carbonyl (C=O) groups is 1. The predicted octanol–water partition coefficient (Wildman–Crippen LogP) is 2.25. The molecule has 18 heavy (non-hydrogen) atoms. The van der Waals surface area contributed by atoms with Crippen molar-refractivity contribution in [2.45, 2.75) is 19.3 Å². The molecule has 4 heteroatoms. The van der Waals surface area contributed by atoms with Crippen LogP contribution in [0.4, 0.5) is 4.39 Å². The first-order chi connectivity index (χ1) is 8.63. The number of ether oxygens (including phenoxy) is 1. The number of carbonyl (C=O) groups excluding carboxylic acids is 1. The lowest BCUT2D eigenvalue weighted by Crippen LogP contribution is -2.23. The van der Waals surface area contributed by atoms with Crippen molar-refractivity contribution in [2.24, 2.45) is 0 Å². The van der Waals surface area contributed by atoms with Gasteiger partial charge in [-0.15, -0.1) is 0 Å². The van der Waals surface area contributed by atoms with Crippen LogP contribution in [0.3, 0.4) is 0 Å². The molecule has 0 aliphatic carbocycles. The van der Waals surface area contributed by atoms with Gasteiger partial charge in [-0.3, -0.25) is 4.79 Å². The second kappa shape index (κ2) is 7.82. The van der Waals surface area contributed by atoms with Gasteiger partial charge in [0.05, 0.1) is 7.11 Å². The molecule has 0 unspecified atom stereocenters. The molecule has 0 heterocycles. The molecule has 0 spiro atoms. The highest BCUT2D eigenvalue weighted by Gasteiger charge is 2.05. The molecular formula is C14H20FNO2. The van der Waals surface area contributed by atoms with Crippen LogP contribution in [-0.2, 0) is 16.0 Å². The molecule has 1 aromatic rings. The molecule has 0 aliphatic rings. The van der Waals surface area contributed by atoms with Crippen LogP contribution in [0.15, 0.2) is 24.3 Å². The van der Waals surface area contributed by atoms with Crippen LogP contribution in [0.5, 0.6) is 0 Å². The van der Waals surface area contributed by atoms with Gasteiger partial charge in [-0.05, 0) is 38.1 Å². The minimum atomic E-state index is -0.183. The number of methoxy groups -OCH3 is 1. The third kappa shape index (κ3) is 5.27. The van der Waals surface area contributed by atoms with Crippen molar-refractivity contribution in [1.82, 2.24) is 4.90 Å². The van der Waals surface area contributed by atoms with Gasteiger partial charge in [-0.25, -0.2) is 4.39 Å². The largest absolute Gasteiger partial charge is 0.469 e. The Balaban J connectivity index is 2.23. The number of halogens is 1. The van der Waals surface area contributed by atoms with E-state index in [0.717, 1.165) is 25.1 Å². The van der Waals surface area contributed by atoms with E-state index in [9.17, 15) is 9.18 Å².